The Hall–Kier alpha value is -1.89. The maximum Gasteiger partial charge on any atom is 0.226 e. The lowest BCUT2D eigenvalue weighted by Crippen LogP contribution is -2.43. The van der Waals surface area contributed by atoms with Crippen molar-refractivity contribution in [2.45, 2.75) is 58.2 Å². The average Bonchev–Trinajstić information content (AvgIpc) is 3.01. The SMILES string of the molecule is O=C(C[C@H]1CCCOC1)NCc1cc2n(n1)CCN(C(=O)C1CCC1)C2. The summed E-state index contributed by atoms with van der Waals surface area (Å²) in [6.07, 6.45) is 5.89. The molecule has 1 atom stereocenters. The van der Waals surface area contributed by atoms with Crippen LogP contribution in [0.3, 0.4) is 0 Å². The average molecular weight is 360 g/mol. The minimum absolute atomic E-state index is 0.0632. The van der Waals surface area contributed by atoms with Gasteiger partial charge in [0.05, 0.1) is 31.0 Å². The van der Waals surface area contributed by atoms with E-state index in [1.54, 1.807) is 0 Å². The van der Waals surface area contributed by atoms with Crippen LogP contribution in [0, 0.1) is 11.8 Å². The molecule has 0 radical (unpaired) electrons. The van der Waals surface area contributed by atoms with Crippen LogP contribution in [-0.2, 0) is 34.0 Å². The molecule has 2 fully saturated rings. The van der Waals surface area contributed by atoms with E-state index in [-0.39, 0.29) is 11.8 Å². The van der Waals surface area contributed by atoms with E-state index in [0.717, 1.165) is 56.8 Å². The molecule has 26 heavy (non-hydrogen) atoms. The van der Waals surface area contributed by atoms with Crippen LogP contribution in [0.15, 0.2) is 6.07 Å². The standard InChI is InChI=1S/C19H28N4O3/c24-18(9-14-3-2-8-26-13-14)20-11-16-10-17-12-22(6-7-23(17)21-16)19(25)15-4-1-5-15/h10,14-15H,1-9,11-13H2,(H,20,24)/t14-/m1/s1. The van der Waals surface area contributed by atoms with Crippen molar-refractivity contribution in [3.8, 4) is 0 Å². The predicted octanol–water partition coefficient (Wildman–Crippen LogP) is 1.46. The molecule has 0 spiro atoms. The molecule has 1 aromatic rings. The quantitative estimate of drug-likeness (QED) is 0.862. The van der Waals surface area contributed by atoms with Crippen LogP contribution in [0.2, 0.25) is 0 Å². The van der Waals surface area contributed by atoms with Crippen LogP contribution in [0.4, 0.5) is 0 Å². The van der Waals surface area contributed by atoms with Gasteiger partial charge >= 0.3 is 0 Å². The molecule has 1 N–H and O–H groups in total. The summed E-state index contributed by atoms with van der Waals surface area (Å²) in [5.41, 5.74) is 1.93. The Kier molecular flexibility index (Phi) is 5.24. The van der Waals surface area contributed by atoms with E-state index in [1.807, 2.05) is 15.6 Å². The molecule has 1 saturated heterocycles. The largest absolute Gasteiger partial charge is 0.381 e. The van der Waals surface area contributed by atoms with E-state index in [9.17, 15) is 9.59 Å². The van der Waals surface area contributed by atoms with Crippen molar-refractivity contribution in [2.75, 3.05) is 19.8 Å². The number of aromatic nitrogens is 2. The zero-order chi connectivity index (χ0) is 17.9. The van der Waals surface area contributed by atoms with Gasteiger partial charge in [-0.15, -0.1) is 0 Å². The first kappa shape index (κ1) is 17.5. The summed E-state index contributed by atoms with van der Waals surface area (Å²) < 4.78 is 7.40. The van der Waals surface area contributed by atoms with Gasteiger partial charge in [0, 0.05) is 32.1 Å². The highest BCUT2D eigenvalue weighted by atomic mass is 16.5. The van der Waals surface area contributed by atoms with Crippen LogP contribution in [0.1, 0.15) is 49.9 Å². The third kappa shape index (κ3) is 3.92. The van der Waals surface area contributed by atoms with Crippen molar-refractivity contribution in [3.63, 3.8) is 0 Å². The van der Waals surface area contributed by atoms with Gasteiger partial charge in [-0.1, -0.05) is 6.42 Å². The topological polar surface area (TPSA) is 76.5 Å². The maximum absolute atomic E-state index is 12.4. The van der Waals surface area contributed by atoms with Gasteiger partial charge in [-0.25, -0.2) is 0 Å². The maximum atomic E-state index is 12.4. The molecule has 142 valence electrons. The van der Waals surface area contributed by atoms with Gasteiger partial charge in [0.15, 0.2) is 0 Å². The summed E-state index contributed by atoms with van der Waals surface area (Å²) in [5, 5.41) is 7.56. The second kappa shape index (κ2) is 7.78. The molecule has 1 aliphatic carbocycles. The van der Waals surface area contributed by atoms with E-state index in [1.165, 1.54) is 6.42 Å². The molecule has 7 heteroatoms. The Morgan fingerprint density at radius 3 is 2.85 bits per heavy atom. The van der Waals surface area contributed by atoms with Gasteiger partial charge < -0.3 is 15.0 Å². The van der Waals surface area contributed by atoms with E-state index in [4.69, 9.17) is 4.74 Å². The summed E-state index contributed by atoms with van der Waals surface area (Å²) in [5.74, 6) is 0.943. The Labute approximate surface area is 154 Å². The molecule has 0 bridgehead atoms. The van der Waals surface area contributed by atoms with Crippen molar-refractivity contribution in [1.82, 2.24) is 20.0 Å². The van der Waals surface area contributed by atoms with Crippen molar-refractivity contribution in [1.29, 1.82) is 0 Å². The first-order chi connectivity index (χ1) is 12.7. The van der Waals surface area contributed by atoms with Gasteiger partial charge in [0.25, 0.3) is 0 Å². The van der Waals surface area contributed by atoms with Crippen LogP contribution < -0.4 is 5.32 Å². The van der Waals surface area contributed by atoms with Gasteiger partial charge in [-0.2, -0.15) is 5.10 Å². The number of carbonyl (C=O) groups is 2. The Morgan fingerprint density at radius 2 is 2.12 bits per heavy atom. The van der Waals surface area contributed by atoms with E-state index >= 15 is 0 Å². The molecular weight excluding hydrogens is 332 g/mol. The number of carbonyl (C=O) groups excluding carboxylic acids is 2. The third-order valence-corrected chi connectivity index (χ3v) is 5.81. The van der Waals surface area contributed by atoms with Crippen LogP contribution in [0.25, 0.3) is 0 Å². The number of nitrogens with one attached hydrogen (secondary N) is 1. The molecule has 2 aliphatic heterocycles. The Morgan fingerprint density at radius 1 is 1.23 bits per heavy atom. The minimum Gasteiger partial charge on any atom is -0.381 e. The van der Waals surface area contributed by atoms with Gasteiger partial charge in [0.1, 0.15) is 0 Å². The molecule has 1 aromatic heterocycles. The number of rotatable bonds is 5. The molecular formula is C19H28N4O3. The lowest BCUT2D eigenvalue weighted by molar-refractivity contribution is -0.139. The van der Waals surface area contributed by atoms with E-state index in [2.05, 4.69) is 10.4 Å². The summed E-state index contributed by atoms with van der Waals surface area (Å²) in [4.78, 5) is 26.5. The van der Waals surface area contributed by atoms with Gasteiger partial charge in [0.2, 0.25) is 11.8 Å². The fourth-order valence-corrected chi connectivity index (χ4v) is 4.01. The molecule has 3 aliphatic rings. The summed E-state index contributed by atoms with van der Waals surface area (Å²) in [6.45, 7) is 4.06. The van der Waals surface area contributed by atoms with Crippen LogP contribution >= 0.6 is 0 Å². The number of fused-ring (bicyclic) bond motifs is 1. The number of hydrogen-bond donors (Lipinski definition) is 1. The van der Waals surface area contributed by atoms with Crippen LogP contribution in [-0.4, -0.2) is 46.3 Å². The molecule has 2 amide bonds. The zero-order valence-electron chi connectivity index (χ0n) is 15.3. The fraction of sp³-hybridized carbons (Fsp3) is 0.737. The van der Waals surface area contributed by atoms with Gasteiger partial charge in [-0.05, 0) is 37.7 Å². The zero-order valence-corrected chi connectivity index (χ0v) is 15.3. The van der Waals surface area contributed by atoms with Crippen molar-refractivity contribution < 1.29 is 14.3 Å². The third-order valence-electron chi connectivity index (χ3n) is 5.81. The number of amides is 2. The summed E-state index contributed by atoms with van der Waals surface area (Å²) >= 11 is 0. The van der Waals surface area contributed by atoms with E-state index in [0.29, 0.717) is 37.9 Å². The smallest absolute Gasteiger partial charge is 0.226 e. The molecule has 3 heterocycles. The highest BCUT2D eigenvalue weighted by Crippen LogP contribution is 2.29. The first-order valence-electron chi connectivity index (χ1n) is 9.88. The lowest BCUT2D eigenvalue weighted by Gasteiger charge is -2.34. The monoisotopic (exact) mass is 360 g/mol. The van der Waals surface area contributed by atoms with E-state index < -0.39 is 0 Å². The van der Waals surface area contributed by atoms with Crippen molar-refractivity contribution in [3.05, 3.63) is 17.5 Å². The molecule has 4 rings (SSSR count). The Bertz CT molecular complexity index is 662. The van der Waals surface area contributed by atoms with Crippen molar-refractivity contribution >= 4 is 11.8 Å². The first-order valence-corrected chi connectivity index (χ1v) is 9.88. The highest BCUT2D eigenvalue weighted by Gasteiger charge is 2.31. The number of ether oxygens (including phenoxy) is 1. The molecule has 0 unspecified atom stereocenters. The predicted molar refractivity (Wildman–Crippen MR) is 95.0 cm³/mol. The molecule has 0 aromatic carbocycles. The Balaban J connectivity index is 1.27. The normalized spacial score (nSPS) is 23.2. The molecule has 1 saturated carbocycles. The highest BCUT2D eigenvalue weighted by molar-refractivity contribution is 5.79. The second-order valence-corrected chi connectivity index (χ2v) is 7.80. The summed E-state index contributed by atoms with van der Waals surface area (Å²) in [7, 11) is 0. The van der Waals surface area contributed by atoms with Crippen molar-refractivity contribution in [2.24, 2.45) is 11.8 Å². The van der Waals surface area contributed by atoms with Gasteiger partial charge in [-0.3, -0.25) is 14.3 Å². The number of nitrogens with zero attached hydrogens (tertiary/aromatic N) is 3. The lowest BCUT2D eigenvalue weighted by atomic mass is 9.84. The van der Waals surface area contributed by atoms with Crippen LogP contribution in [0.5, 0.6) is 0 Å². The number of hydrogen-bond acceptors (Lipinski definition) is 4. The second-order valence-electron chi connectivity index (χ2n) is 7.80. The summed E-state index contributed by atoms with van der Waals surface area (Å²) in [6, 6.07) is 2.02. The molecule has 7 nitrogen and oxygen atoms in total. The fourth-order valence-electron chi connectivity index (χ4n) is 4.01. The minimum atomic E-state index is 0.0632.